The van der Waals surface area contributed by atoms with E-state index in [-0.39, 0.29) is 10.6 Å². The molecule has 0 N–H and O–H groups in total. The molecule has 0 atom stereocenters. The summed E-state index contributed by atoms with van der Waals surface area (Å²) in [5.41, 5.74) is 0.928. The summed E-state index contributed by atoms with van der Waals surface area (Å²) in [6.45, 7) is 0. The van der Waals surface area contributed by atoms with Crippen LogP contribution in [0.5, 0.6) is 0 Å². The SMILES string of the molecule is Clc1nc(Cl)nc(-c2csc3ccccc23)n1. The number of benzene rings is 1. The van der Waals surface area contributed by atoms with Crippen LogP contribution < -0.4 is 0 Å². The fourth-order valence-corrected chi connectivity index (χ4v) is 2.90. The molecule has 0 fully saturated rings. The van der Waals surface area contributed by atoms with Gasteiger partial charge >= 0.3 is 0 Å². The molecule has 0 saturated carbocycles. The van der Waals surface area contributed by atoms with Crippen LogP contribution in [0.2, 0.25) is 10.6 Å². The van der Waals surface area contributed by atoms with Crippen molar-refractivity contribution in [1.82, 2.24) is 15.0 Å². The molecule has 2 heterocycles. The quantitative estimate of drug-likeness (QED) is 0.675. The Morgan fingerprint density at radius 1 is 0.941 bits per heavy atom. The van der Waals surface area contributed by atoms with Crippen molar-refractivity contribution in [2.24, 2.45) is 0 Å². The highest BCUT2D eigenvalue weighted by molar-refractivity contribution is 7.17. The molecule has 3 nitrogen and oxygen atoms in total. The number of hydrogen-bond donors (Lipinski definition) is 0. The molecule has 0 saturated heterocycles. The first-order valence-corrected chi connectivity index (χ1v) is 6.41. The zero-order chi connectivity index (χ0) is 11.8. The Morgan fingerprint density at radius 3 is 2.41 bits per heavy atom. The molecule has 84 valence electrons. The summed E-state index contributed by atoms with van der Waals surface area (Å²) >= 11 is 13.2. The Bertz CT molecular complexity index is 676. The topological polar surface area (TPSA) is 38.7 Å². The summed E-state index contributed by atoms with van der Waals surface area (Å²) in [5, 5.41) is 3.30. The van der Waals surface area contributed by atoms with Crippen molar-refractivity contribution < 1.29 is 0 Å². The van der Waals surface area contributed by atoms with E-state index in [0.717, 1.165) is 10.9 Å². The van der Waals surface area contributed by atoms with Gasteiger partial charge in [-0.25, -0.2) is 0 Å². The maximum absolute atomic E-state index is 5.77. The van der Waals surface area contributed by atoms with Crippen molar-refractivity contribution in [2.45, 2.75) is 0 Å². The summed E-state index contributed by atoms with van der Waals surface area (Å²) in [7, 11) is 0. The van der Waals surface area contributed by atoms with Gasteiger partial charge in [-0.1, -0.05) is 18.2 Å². The van der Waals surface area contributed by atoms with Gasteiger partial charge in [-0.05, 0) is 29.3 Å². The predicted octanol–water partition coefficient (Wildman–Crippen LogP) is 4.06. The van der Waals surface area contributed by atoms with E-state index in [2.05, 4.69) is 15.0 Å². The molecular weight excluding hydrogens is 277 g/mol. The maximum Gasteiger partial charge on any atom is 0.227 e. The lowest BCUT2D eigenvalue weighted by Gasteiger charge is -1.99. The normalized spacial score (nSPS) is 10.9. The van der Waals surface area contributed by atoms with Crippen molar-refractivity contribution in [3.05, 3.63) is 40.2 Å². The third-order valence-electron chi connectivity index (χ3n) is 2.30. The van der Waals surface area contributed by atoms with E-state index in [9.17, 15) is 0 Å². The Morgan fingerprint density at radius 2 is 1.65 bits per heavy atom. The van der Waals surface area contributed by atoms with Crippen molar-refractivity contribution >= 4 is 44.6 Å². The molecule has 0 bridgehead atoms. The van der Waals surface area contributed by atoms with Gasteiger partial charge in [0, 0.05) is 21.0 Å². The van der Waals surface area contributed by atoms with Crippen LogP contribution in [0.15, 0.2) is 29.6 Å². The van der Waals surface area contributed by atoms with Crippen molar-refractivity contribution in [1.29, 1.82) is 0 Å². The van der Waals surface area contributed by atoms with Crippen LogP contribution in [0.3, 0.4) is 0 Å². The molecule has 1 aromatic carbocycles. The Kier molecular flexibility index (Phi) is 2.70. The largest absolute Gasteiger partial charge is 0.227 e. The molecule has 3 aromatic rings. The van der Waals surface area contributed by atoms with Gasteiger partial charge in [-0.15, -0.1) is 11.3 Å². The average Bonchev–Trinajstić information content (AvgIpc) is 2.71. The lowest BCUT2D eigenvalue weighted by molar-refractivity contribution is 1.06. The molecule has 0 amide bonds. The van der Waals surface area contributed by atoms with Crippen molar-refractivity contribution in [2.75, 3.05) is 0 Å². The number of aromatic nitrogens is 3. The molecule has 0 spiro atoms. The first-order chi connectivity index (χ1) is 8.24. The van der Waals surface area contributed by atoms with Crippen LogP contribution in [-0.2, 0) is 0 Å². The van der Waals surface area contributed by atoms with Crippen LogP contribution in [0.4, 0.5) is 0 Å². The lowest BCUT2D eigenvalue weighted by Crippen LogP contribution is -1.92. The summed E-state index contributed by atoms with van der Waals surface area (Å²) in [4.78, 5) is 11.9. The first kappa shape index (κ1) is 10.9. The molecule has 0 aliphatic rings. The minimum absolute atomic E-state index is 0.107. The number of thiophene rings is 1. The summed E-state index contributed by atoms with van der Waals surface area (Å²) in [5.74, 6) is 0.507. The van der Waals surface area contributed by atoms with Gasteiger partial charge in [0.25, 0.3) is 0 Å². The molecule has 0 unspecified atom stereocenters. The molecule has 0 aliphatic carbocycles. The van der Waals surface area contributed by atoms with E-state index in [0.29, 0.717) is 5.82 Å². The minimum atomic E-state index is 0.107. The Hall–Kier alpha value is -1.23. The fourth-order valence-electron chi connectivity index (χ4n) is 1.60. The Balaban J connectivity index is 2.27. The van der Waals surface area contributed by atoms with Crippen LogP contribution in [0, 0.1) is 0 Å². The van der Waals surface area contributed by atoms with Crippen LogP contribution in [-0.4, -0.2) is 15.0 Å². The van der Waals surface area contributed by atoms with E-state index in [1.54, 1.807) is 11.3 Å². The standard InChI is InChI=1S/C11H5Cl2N3S/c12-10-14-9(15-11(13)16-10)7-5-17-8-4-2-1-3-6(7)8/h1-5H. The smallest absolute Gasteiger partial charge is 0.198 e. The predicted molar refractivity (Wildman–Crippen MR) is 70.7 cm³/mol. The number of halogens is 2. The third-order valence-corrected chi connectivity index (χ3v) is 3.60. The molecule has 3 rings (SSSR count). The molecule has 0 aliphatic heterocycles. The number of fused-ring (bicyclic) bond motifs is 1. The van der Waals surface area contributed by atoms with Crippen molar-refractivity contribution in [3.63, 3.8) is 0 Å². The average molecular weight is 282 g/mol. The highest BCUT2D eigenvalue weighted by atomic mass is 35.5. The lowest BCUT2D eigenvalue weighted by atomic mass is 10.2. The van der Waals surface area contributed by atoms with Crippen LogP contribution in [0.25, 0.3) is 21.5 Å². The zero-order valence-electron chi connectivity index (χ0n) is 8.39. The fraction of sp³-hybridized carbons (Fsp3) is 0. The van der Waals surface area contributed by atoms with Gasteiger partial charge in [-0.3, -0.25) is 0 Å². The van der Waals surface area contributed by atoms with Gasteiger partial charge in [-0.2, -0.15) is 15.0 Å². The van der Waals surface area contributed by atoms with Crippen molar-refractivity contribution in [3.8, 4) is 11.4 Å². The molecular formula is C11H5Cl2N3S. The monoisotopic (exact) mass is 281 g/mol. The number of hydrogen-bond acceptors (Lipinski definition) is 4. The second-order valence-corrected chi connectivity index (χ2v) is 4.93. The van der Waals surface area contributed by atoms with Gasteiger partial charge in [0.15, 0.2) is 5.82 Å². The Labute approximate surface area is 111 Å². The molecule has 17 heavy (non-hydrogen) atoms. The number of nitrogens with zero attached hydrogens (tertiary/aromatic N) is 3. The van der Waals surface area contributed by atoms with Crippen LogP contribution >= 0.6 is 34.5 Å². The van der Waals surface area contributed by atoms with Gasteiger partial charge in [0.2, 0.25) is 10.6 Å². The number of rotatable bonds is 1. The van der Waals surface area contributed by atoms with Gasteiger partial charge in [0.1, 0.15) is 0 Å². The molecule has 6 heteroatoms. The maximum atomic E-state index is 5.77. The highest BCUT2D eigenvalue weighted by Crippen LogP contribution is 2.32. The third kappa shape index (κ3) is 1.99. The van der Waals surface area contributed by atoms with Gasteiger partial charge in [0.05, 0.1) is 0 Å². The van der Waals surface area contributed by atoms with E-state index in [1.165, 1.54) is 4.70 Å². The van der Waals surface area contributed by atoms with E-state index in [1.807, 2.05) is 29.6 Å². The molecule has 0 radical (unpaired) electrons. The minimum Gasteiger partial charge on any atom is -0.198 e. The highest BCUT2D eigenvalue weighted by Gasteiger charge is 2.10. The zero-order valence-corrected chi connectivity index (χ0v) is 10.7. The summed E-state index contributed by atoms with van der Waals surface area (Å²) < 4.78 is 1.18. The van der Waals surface area contributed by atoms with E-state index < -0.39 is 0 Å². The van der Waals surface area contributed by atoms with E-state index in [4.69, 9.17) is 23.2 Å². The van der Waals surface area contributed by atoms with Gasteiger partial charge < -0.3 is 0 Å². The van der Waals surface area contributed by atoms with E-state index >= 15 is 0 Å². The second-order valence-electron chi connectivity index (χ2n) is 3.34. The summed E-state index contributed by atoms with van der Waals surface area (Å²) in [6, 6.07) is 8.04. The summed E-state index contributed by atoms with van der Waals surface area (Å²) in [6.07, 6.45) is 0. The van der Waals surface area contributed by atoms with Crippen LogP contribution in [0.1, 0.15) is 0 Å². The first-order valence-electron chi connectivity index (χ1n) is 4.78. The second kappa shape index (κ2) is 4.22. The molecule has 2 aromatic heterocycles.